The van der Waals surface area contributed by atoms with Gasteiger partial charge in [0.25, 0.3) is 5.91 Å². The van der Waals surface area contributed by atoms with Crippen LogP contribution in [0.15, 0.2) is 54.9 Å². The maximum atomic E-state index is 14.5. The molecule has 3 aliphatic rings. The zero-order valence-corrected chi connectivity index (χ0v) is 27.5. The molecule has 3 heterocycles. The number of carbonyl (C=O) groups excluding carboxylic acids is 2. The molecule has 2 saturated heterocycles. The second-order valence-electron chi connectivity index (χ2n) is 13.5. The number of piperidine rings is 1. The summed E-state index contributed by atoms with van der Waals surface area (Å²) in [5, 5.41) is 0. The number of aryl methyl sites for hydroxylation is 2. The molecule has 2 unspecified atom stereocenters. The molecule has 2 atom stereocenters. The maximum Gasteiger partial charge on any atom is 0.253 e. The van der Waals surface area contributed by atoms with Gasteiger partial charge in [0.1, 0.15) is 12.1 Å². The van der Waals surface area contributed by atoms with Gasteiger partial charge in [0.05, 0.1) is 23.2 Å². The van der Waals surface area contributed by atoms with Gasteiger partial charge in [0, 0.05) is 43.3 Å². The molecule has 6 rings (SSSR count). The number of Topliss-reactive ketones (excluding diaryl/α,β-unsaturated/α-hetero) is 1. The van der Waals surface area contributed by atoms with Crippen LogP contribution in [0.2, 0.25) is 0 Å². The van der Waals surface area contributed by atoms with Gasteiger partial charge in [-0.05, 0) is 112 Å². The van der Waals surface area contributed by atoms with Crippen LogP contribution in [0.5, 0.6) is 0 Å². The molecule has 244 valence electrons. The smallest absolute Gasteiger partial charge is 0.253 e. The first-order valence-electron chi connectivity index (χ1n) is 16.1. The lowest BCUT2D eigenvalue weighted by atomic mass is 9.70. The van der Waals surface area contributed by atoms with E-state index in [9.17, 15) is 22.4 Å². The lowest BCUT2D eigenvalue weighted by molar-refractivity contribution is 0.0650. The Bertz CT molecular complexity index is 1690. The molecule has 46 heavy (non-hydrogen) atoms. The predicted molar refractivity (Wildman–Crippen MR) is 175 cm³/mol. The molecule has 3 fully saturated rings. The predicted octanol–water partition coefficient (Wildman–Crippen LogP) is 5.01. The third kappa shape index (κ3) is 6.85. The molecule has 1 saturated carbocycles. The Morgan fingerprint density at radius 1 is 0.978 bits per heavy atom. The van der Waals surface area contributed by atoms with Gasteiger partial charge in [-0.1, -0.05) is 12.1 Å². The SMILES string of the molecule is Cc1ncnc(C)c1C(=O)C1CC2CN(CCC3(c4cccc(F)c4)CCN(C(=O)c4ccc(NS(C)(=O)=O)cc4)CC3)CC2C1. The summed E-state index contributed by atoms with van der Waals surface area (Å²) in [5.74, 6) is 0.838. The number of likely N-dealkylation sites (tertiary alicyclic amines) is 2. The highest BCUT2D eigenvalue weighted by atomic mass is 32.2. The summed E-state index contributed by atoms with van der Waals surface area (Å²) in [6, 6.07) is 13.4. The van der Waals surface area contributed by atoms with Gasteiger partial charge in [-0.2, -0.15) is 0 Å². The average Bonchev–Trinajstić information content (AvgIpc) is 3.59. The number of nitrogens with one attached hydrogen (secondary N) is 1. The number of halogens is 1. The van der Waals surface area contributed by atoms with Crippen LogP contribution in [-0.4, -0.2) is 78.9 Å². The second kappa shape index (κ2) is 12.8. The van der Waals surface area contributed by atoms with E-state index in [1.807, 2.05) is 24.8 Å². The number of carbonyl (C=O) groups is 2. The van der Waals surface area contributed by atoms with E-state index in [0.29, 0.717) is 41.7 Å². The van der Waals surface area contributed by atoms with Gasteiger partial charge in [-0.15, -0.1) is 0 Å². The minimum Gasteiger partial charge on any atom is -0.339 e. The van der Waals surface area contributed by atoms with Gasteiger partial charge in [-0.25, -0.2) is 22.8 Å². The van der Waals surface area contributed by atoms with Crippen molar-refractivity contribution in [1.82, 2.24) is 19.8 Å². The Morgan fingerprint density at radius 2 is 1.61 bits per heavy atom. The molecule has 0 spiro atoms. The van der Waals surface area contributed by atoms with E-state index in [1.54, 1.807) is 36.4 Å². The van der Waals surface area contributed by atoms with Crippen LogP contribution in [0.1, 0.15) is 69.8 Å². The molecular formula is C35H42FN5O4S. The van der Waals surface area contributed by atoms with Gasteiger partial charge in [0.15, 0.2) is 5.78 Å². The summed E-state index contributed by atoms with van der Waals surface area (Å²) in [6.45, 7) is 7.68. The van der Waals surface area contributed by atoms with Gasteiger partial charge < -0.3 is 9.80 Å². The van der Waals surface area contributed by atoms with E-state index in [-0.39, 0.29) is 28.8 Å². The Hall–Kier alpha value is -3.70. The number of sulfonamides is 1. The number of benzene rings is 2. The topological polar surface area (TPSA) is 113 Å². The van der Waals surface area contributed by atoms with E-state index in [2.05, 4.69) is 19.6 Å². The third-order valence-electron chi connectivity index (χ3n) is 10.5. The normalized spacial score (nSPS) is 22.9. The highest BCUT2D eigenvalue weighted by Gasteiger charge is 2.45. The number of hydrogen-bond donors (Lipinski definition) is 1. The van der Waals surface area contributed by atoms with E-state index in [1.165, 1.54) is 12.4 Å². The van der Waals surface area contributed by atoms with Crippen molar-refractivity contribution in [2.45, 2.75) is 51.4 Å². The summed E-state index contributed by atoms with van der Waals surface area (Å²) in [5.41, 5.74) is 3.84. The Balaban J connectivity index is 1.08. The number of rotatable bonds is 9. The molecular weight excluding hydrogens is 605 g/mol. The Kier molecular flexibility index (Phi) is 9.00. The molecule has 1 aromatic heterocycles. The molecule has 0 radical (unpaired) electrons. The van der Waals surface area contributed by atoms with Gasteiger partial charge in [0.2, 0.25) is 10.0 Å². The highest BCUT2D eigenvalue weighted by Crippen LogP contribution is 2.45. The zero-order chi connectivity index (χ0) is 32.6. The van der Waals surface area contributed by atoms with E-state index in [0.717, 1.165) is 74.9 Å². The average molecular weight is 648 g/mol. The number of ketones is 1. The van der Waals surface area contributed by atoms with Crippen molar-refractivity contribution in [3.63, 3.8) is 0 Å². The number of anilines is 1. The molecule has 9 nitrogen and oxygen atoms in total. The lowest BCUT2D eigenvalue weighted by Crippen LogP contribution is -2.46. The summed E-state index contributed by atoms with van der Waals surface area (Å²) >= 11 is 0. The lowest BCUT2D eigenvalue weighted by Gasteiger charge is -2.43. The van der Waals surface area contributed by atoms with Crippen LogP contribution in [0.4, 0.5) is 10.1 Å². The van der Waals surface area contributed by atoms with Crippen LogP contribution in [0, 0.1) is 37.4 Å². The molecule has 1 aliphatic carbocycles. The van der Waals surface area contributed by atoms with Crippen LogP contribution in [0.3, 0.4) is 0 Å². The van der Waals surface area contributed by atoms with Crippen molar-refractivity contribution in [3.8, 4) is 0 Å². The molecule has 1 N–H and O–H groups in total. The monoisotopic (exact) mass is 647 g/mol. The Labute approximate surface area is 270 Å². The molecule has 2 aromatic carbocycles. The van der Waals surface area contributed by atoms with Crippen molar-refractivity contribution in [1.29, 1.82) is 0 Å². The first kappa shape index (κ1) is 32.2. The summed E-state index contributed by atoms with van der Waals surface area (Å²) in [6.07, 6.45) is 6.71. The fourth-order valence-electron chi connectivity index (χ4n) is 8.04. The van der Waals surface area contributed by atoms with E-state index >= 15 is 0 Å². The molecule has 1 amide bonds. The number of aromatic nitrogens is 2. The summed E-state index contributed by atoms with van der Waals surface area (Å²) in [7, 11) is -3.40. The maximum absolute atomic E-state index is 14.5. The molecule has 3 aromatic rings. The third-order valence-corrected chi connectivity index (χ3v) is 11.1. The number of amides is 1. The van der Waals surface area contributed by atoms with Gasteiger partial charge in [-0.3, -0.25) is 14.3 Å². The quantitative estimate of drug-likeness (QED) is 0.325. The Morgan fingerprint density at radius 3 is 2.20 bits per heavy atom. The van der Waals surface area contributed by atoms with E-state index < -0.39 is 10.0 Å². The van der Waals surface area contributed by atoms with Crippen LogP contribution in [-0.2, 0) is 15.4 Å². The van der Waals surface area contributed by atoms with Crippen molar-refractivity contribution in [2.24, 2.45) is 17.8 Å². The minimum atomic E-state index is -3.40. The standard InChI is InChI=1S/C35H42FN5O4S/c1-23-32(24(2)38-22-37-23)33(42)26-17-27-20-40(21-28(27)18-26)14-11-35(29-5-4-6-30(36)19-29)12-15-41(16-13-35)34(43)25-7-9-31(10-8-25)39-46(3,44)45/h4-10,19,22,26-28,39H,11-18,20-21H2,1-3H3. The van der Waals surface area contributed by atoms with Crippen LogP contribution in [0.25, 0.3) is 0 Å². The highest BCUT2D eigenvalue weighted by molar-refractivity contribution is 7.92. The van der Waals surface area contributed by atoms with E-state index in [4.69, 9.17) is 0 Å². The van der Waals surface area contributed by atoms with Crippen LogP contribution >= 0.6 is 0 Å². The second-order valence-corrected chi connectivity index (χ2v) is 15.3. The fraction of sp³-hybridized carbons (Fsp3) is 0.486. The van der Waals surface area contributed by atoms with Gasteiger partial charge >= 0.3 is 0 Å². The van der Waals surface area contributed by atoms with Crippen molar-refractivity contribution < 1.29 is 22.4 Å². The molecule has 2 aliphatic heterocycles. The van der Waals surface area contributed by atoms with Crippen molar-refractivity contribution in [2.75, 3.05) is 43.7 Å². The zero-order valence-electron chi connectivity index (χ0n) is 26.7. The number of fused-ring (bicyclic) bond motifs is 1. The first-order chi connectivity index (χ1) is 21.9. The molecule has 0 bridgehead atoms. The molecule has 11 heteroatoms. The number of hydrogen-bond acceptors (Lipinski definition) is 7. The first-order valence-corrected chi connectivity index (χ1v) is 18.0. The minimum absolute atomic E-state index is 0.0215. The largest absolute Gasteiger partial charge is 0.339 e. The summed E-state index contributed by atoms with van der Waals surface area (Å²) in [4.78, 5) is 39.7. The van der Waals surface area contributed by atoms with Crippen LogP contribution < -0.4 is 4.72 Å². The van der Waals surface area contributed by atoms with Crippen molar-refractivity contribution in [3.05, 3.63) is 88.8 Å². The van der Waals surface area contributed by atoms with Crippen molar-refractivity contribution >= 4 is 27.4 Å². The summed E-state index contributed by atoms with van der Waals surface area (Å²) < 4.78 is 40.0. The fourth-order valence-corrected chi connectivity index (χ4v) is 8.60. The number of nitrogens with zero attached hydrogens (tertiary/aromatic N) is 4.